The SMILES string of the molecule is NNc1cc[c]cc1SCc1ccccc1-c1ccccc1. The molecule has 3 aromatic carbocycles. The van der Waals surface area contributed by atoms with Crippen molar-refractivity contribution in [2.75, 3.05) is 5.43 Å². The predicted octanol–water partition coefficient (Wildman–Crippen LogP) is 4.73. The average Bonchev–Trinajstić information content (AvgIpc) is 2.61. The van der Waals surface area contributed by atoms with Crippen molar-refractivity contribution in [1.82, 2.24) is 0 Å². The molecule has 0 aliphatic rings. The van der Waals surface area contributed by atoms with Gasteiger partial charge in [-0.05, 0) is 34.9 Å². The number of hydrogen-bond donors (Lipinski definition) is 2. The lowest BCUT2D eigenvalue weighted by atomic mass is 10.0. The summed E-state index contributed by atoms with van der Waals surface area (Å²) in [5.41, 5.74) is 7.50. The molecular formula is C19H17N2S. The van der Waals surface area contributed by atoms with E-state index in [9.17, 15) is 0 Å². The Labute approximate surface area is 135 Å². The number of benzene rings is 3. The molecule has 3 N–H and O–H groups in total. The quantitative estimate of drug-likeness (QED) is 0.406. The monoisotopic (exact) mass is 305 g/mol. The second kappa shape index (κ2) is 7.16. The van der Waals surface area contributed by atoms with Crippen LogP contribution in [0.3, 0.4) is 0 Å². The molecule has 0 amide bonds. The molecule has 0 bridgehead atoms. The fourth-order valence-corrected chi connectivity index (χ4v) is 3.35. The Balaban J connectivity index is 1.85. The number of nitrogens with one attached hydrogen (secondary N) is 1. The van der Waals surface area contributed by atoms with E-state index in [1.54, 1.807) is 11.8 Å². The van der Waals surface area contributed by atoms with E-state index in [1.165, 1.54) is 16.7 Å². The van der Waals surface area contributed by atoms with Crippen molar-refractivity contribution in [3.05, 3.63) is 84.4 Å². The highest BCUT2D eigenvalue weighted by Gasteiger charge is 2.06. The van der Waals surface area contributed by atoms with Gasteiger partial charge in [0.25, 0.3) is 0 Å². The third kappa shape index (κ3) is 3.32. The van der Waals surface area contributed by atoms with E-state index >= 15 is 0 Å². The fraction of sp³-hybridized carbons (Fsp3) is 0.0526. The van der Waals surface area contributed by atoms with Crippen LogP contribution >= 0.6 is 11.8 Å². The van der Waals surface area contributed by atoms with Crippen LogP contribution < -0.4 is 11.3 Å². The van der Waals surface area contributed by atoms with Crippen LogP contribution in [-0.4, -0.2) is 0 Å². The topological polar surface area (TPSA) is 38.0 Å². The van der Waals surface area contributed by atoms with Crippen LogP contribution in [0.2, 0.25) is 0 Å². The summed E-state index contributed by atoms with van der Waals surface area (Å²) in [4.78, 5) is 1.10. The van der Waals surface area contributed by atoms with E-state index in [0.29, 0.717) is 0 Å². The summed E-state index contributed by atoms with van der Waals surface area (Å²) in [7, 11) is 0. The first-order valence-electron chi connectivity index (χ1n) is 7.11. The van der Waals surface area contributed by atoms with Crippen molar-refractivity contribution in [1.29, 1.82) is 0 Å². The van der Waals surface area contributed by atoms with Crippen molar-refractivity contribution in [2.24, 2.45) is 5.84 Å². The lowest BCUT2D eigenvalue weighted by Gasteiger charge is -2.11. The van der Waals surface area contributed by atoms with Gasteiger partial charge in [0.1, 0.15) is 0 Å². The molecule has 1 radical (unpaired) electrons. The summed E-state index contributed by atoms with van der Waals surface area (Å²) in [6.45, 7) is 0. The maximum Gasteiger partial charge on any atom is 0.0621 e. The summed E-state index contributed by atoms with van der Waals surface area (Å²) in [6, 6.07) is 27.9. The van der Waals surface area contributed by atoms with E-state index in [0.717, 1.165) is 16.3 Å². The van der Waals surface area contributed by atoms with Crippen LogP contribution in [0.15, 0.2) is 77.7 Å². The third-order valence-electron chi connectivity index (χ3n) is 3.47. The molecule has 0 atom stereocenters. The molecule has 0 fully saturated rings. The summed E-state index contributed by atoms with van der Waals surface area (Å²) < 4.78 is 0. The summed E-state index contributed by atoms with van der Waals surface area (Å²) >= 11 is 1.76. The molecule has 0 heterocycles. The molecule has 109 valence electrons. The molecule has 0 saturated heterocycles. The van der Waals surface area contributed by atoms with Gasteiger partial charge in [0.05, 0.1) is 5.69 Å². The van der Waals surface area contributed by atoms with Crippen molar-refractivity contribution in [3.63, 3.8) is 0 Å². The Hall–Kier alpha value is -2.23. The number of nitrogens with two attached hydrogens (primary N) is 1. The lowest BCUT2D eigenvalue weighted by Crippen LogP contribution is -2.07. The van der Waals surface area contributed by atoms with Gasteiger partial charge in [-0.3, -0.25) is 5.84 Å². The molecule has 3 rings (SSSR count). The third-order valence-corrected chi connectivity index (χ3v) is 4.57. The molecule has 0 aliphatic carbocycles. The molecule has 0 saturated carbocycles. The van der Waals surface area contributed by atoms with E-state index in [2.05, 4.69) is 60.0 Å². The Morgan fingerprint density at radius 1 is 0.955 bits per heavy atom. The minimum absolute atomic E-state index is 0.887. The van der Waals surface area contributed by atoms with Gasteiger partial charge in [-0.1, -0.05) is 60.7 Å². The average molecular weight is 305 g/mol. The van der Waals surface area contributed by atoms with Crippen LogP contribution in [0.1, 0.15) is 5.56 Å². The van der Waals surface area contributed by atoms with E-state index < -0.39 is 0 Å². The minimum Gasteiger partial charge on any atom is -0.323 e. The zero-order valence-corrected chi connectivity index (χ0v) is 12.9. The largest absolute Gasteiger partial charge is 0.323 e. The van der Waals surface area contributed by atoms with Gasteiger partial charge in [-0.25, -0.2) is 0 Å². The van der Waals surface area contributed by atoms with Gasteiger partial charge in [0.15, 0.2) is 0 Å². The van der Waals surface area contributed by atoms with Gasteiger partial charge in [0, 0.05) is 10.6 Å². The number of hydrogen-bond acceptors (Lipinski definition) is 3. The second-order valence-corrected chi connectivity index (χ2v) is 5.90. The smallest absolute Gasteiger partial charge is 0.0621 e. The Morgan fingerprint density at radius 2 is 1.73 bits per heavy atom. The molecule has 22 heavy (non-hydrogen) atoms. The van der Waals surface area contributed by atoms with Gasteiger partial charge in [-0.15, -0.1) is 11.8 Å². The standard InChI is InChI=1S/C19H17N2S/c20-21-18-12-6-7-13-19(18)22-14-16-10-4-5-11-17(16)15-8-2-1-3-9-15/h1-6,8-13,21H,14,20H2. The maximum atomic E-state index is 5.56. The molecule has 3 heteroatoms. The molecule has 0 unspecified atom stereocenters. The zero-order chi connectivity index (χ0) is 15.2. The van der Waals surface area contributed by atoms with Crippen molar-refractivity contribution >= 4 is 17.4 Å². The summed E-state index contributed by atoms with van der Waals surface area (Å²) in [5, 5.41) is 0. The number of nitrogen functional groups attached to an aromatic ring is 1. The van der Waals surface area contributed by atoms with Gasteiger partial charge >= 0.3 is 0 Å². The van der Waals surface area contributed by atoms with Gasteiger partial charge < -0.3 is 5.43 Å². The summed E-state index contributed by atoms with van der Waals surface area (Å²) in [6.07, 6.45) is 0. The van der Waals surface area contributed by atoms with E-state index in [1.807, 2.05) is 24.3 Å². The Morgan fingerprint density at radius 3 is 2.55 bits per heavy atom. The van der Waals surface area contributed by atoms with E-state index in [4.69, 9.17) is 5.84 Å². The molecule has 3 aromatic rings. The zero-order valence-electron chi connectivity index (χ0n) is 12.1. The van der Waals surface area contributed by atoms with Crippen LogP contribution in [0, 0.1) is 6.07 Å². The highest BCUT2D eigenvalue weighted by molar-refractivity contribution is 7.98. The van der Waals surface area contributed by atoms with Crippen LogP contribution in [0.5, 0.6) is 0 Å². The maximum absolute atomic E-state index is 5.56. The van der Waals surface area contributed by atoms with Crippen molar-refractivity contribution < 1.29 is 0 Å². The summed E-state index contributed by atoms with van der Waals surface area (Å²) in [5.74, 6) is 6.45. The molecule has 0 spiro atoms. The number of hydrazine groups is 1. The molecule has 0 aliphatic heterocycles. The number of rotatable bonds is 5. The first-order chi connectivity index (χ1) is 10.9. The predicted molar refractivity (Wildman–Crippen MR) is 94.5 cm³/mol. The first kappa shape index (κ1) is 14.7. The van der Waals surface area contributed by atoms with Gasteiger partial charge in [-0.2, -0.15) is 0 Å². The highest BCUT2D eigenvalue weighted by atomic mass is 32.2. The highest BCUT2D eigenvalue weighted by Crippen LogP contribution is 2.32. The minimum atomic E-state index is 0.887. The van der Waals surface area contributed by atoms with Crippen molar-refractivity contribution in [2.45, 2.75) is 10.6 Å². The van der Waals surface area contributed by atoms with Crippen LogP contribution in [-0.2, 0) is 5.75 Å². The molecular weight excluding hydrogens is 288 g/mol. The first-order valence-corrected chi connectivity index (χ1v) is 8.10. The van der Waals surface area contributed by atoms with Crippen LogP contribution in [0.25, 0.3) is 11.1 Å². The molecule has 0 aromatic heterocycles. The second-order valence-electron chi connectivity index (χ2n) is 4.88. The lowest BCUT2D eigenvalue weighted by molar-refractivity contribution is 1.28. The number of thioether (sulfide) groups is 1. The van der Waals surface area contributed by atoms with Crippen molar-refractivity contribution in [3.8, 4) is 11.1 Å². The van der Waals surface area contributed by atoms with Gasteiger partial charge in [0.2, 0.25) is 0 Å². The normalized spacial score (nSPS) is 10.4. The molecule has 2 nitrogen and oxygen atoms in total. The number of anilines is 1. The Bertz CT molecular complexity index is 741. The van der Waals surface area contributed by atoms with Crippen LogP contribution in [0.4, 0.5) is 5.69 Å². The Kier molecular flexibility index (Phi) is 4.78. The fourth-order valence-electron chi connectivity index (χ4n) is 2.35. The van der Waals surface area contributed by atoms with E-state index in [-0.39, 0.29) is 0 Å².